The molecule has 4 heterocycles. The maximum absolute atomic E-state index is 15.1. The van der Waals surface area contributed by atoms with Crippen LogP contribution in [0.4, 0.5) is 39.7 Å². The van der Waals surface area contributed by atoms with Gasteiger partial charge in [0.1, 0.15) is 34.7 Å². The number of carbonyl (C=O) groups is 1. The van der Waals surface area contributed by atoms with Gasteiger partial charge in [-0.05, 0) is 50.6 Å². The molecule has 39 heavy (non-hydrogen) atoms. The summed E-state index contributed by atoms with van der Waals surface area (Å²) >= 11 is 0. The highest BCUT2D eigenvalue weighted by Crippen LogP contribution is 2.58. The molecule has 1 aliphatic carbocycles. The summed E-state index contributed by atoms with van der Waals surface area (Å²) in [6.45, 7) is 1.78. The predicted molar refractivity (Wildman–Crippen MR) is 135 cm³/mol. The molecule has 0 radical (unpaired) electrons. The Balaban J connectivity index is 1.22. The van der Waals surface area contributed by atoms with E-state index < -0.39 is 23.4 Å². The number of hydrogen-bond acceptors (Lipinski definition) is 7. The molecule has 1 aliphatic heterocycles. The van der Waals surface area contributed by atoms with E-state index in [4.69, 9.17) is 10.3 Å². The number of likely N-dealkylation sites (N-methyl/N-ethyl adjacent to an activating group) is 1. The van der Waals surface area contributed by atoms with Crippen LogP contribution in [-0.2, 0) is 5.41 Å². The Kier molecular flexibility index (Phi) is 5.75. The molecule has 10 nitrogen and oxygen atoms in total. The number of hydrogen-bond donors (Lipinski definition) is 3. The van der Waals surface area contributed by atoms with Crippen molar-refractivity contribution in [2.45, 2.75) is 36.9 Å². The largest absolute Gasteiger partial charge is 0.400 e. The van der Waals surface area contributed by atoms with Crippen LogP contribution in [0.2, 0.25) is 0 Å². The summed E-state index contributed by atoms with van der Waals surface area (Å²) in [6.07, 6.45) is -0.442. The number of alkyl halides is 3. The number of fused-ring (bicyclic) bond motifs is 1. The fourth-order valence-corrected chi connectivity index (χ4v) is 5.16. The van der Waals surface area contributed by atoms with Crippen LogP contribution < -0.4 is 16.4 Å². The fourth-order valence-electron chi connectivity index (χ4n) is 5.16. The zero-order chi connectivity index (χ0) is 27.5. The summed E-state index contributed by atoms with van der Waals surface area (Å²) in [7, 11) is 2.04. The molecule has 6 rings (SSSR count). The molecule has 2 fully saturated rings. The van der Waals surface area contributed by atoms with Gasteiger partial charge >= 0.3 is 12.2 Å². The van der Waals surface area contributed by atoms with Crippen LogP contribution in [0.15, 0.2) is 41.3 Å². The first-order valence-corrected chi connectivity index (χ1v) is 12.3. The highest BCUT2D eigenvalue weighted by molar-refractivity contribution is 6.02. The van der Waals surface area contributed by atoms with Gasteiger partial charge in [-0.25, -0.2) is 19.2 Å². The van der Waals surface area contributed by atoms with Gasteiger partial charge in [0, 0.05) is 30.4 Å². The van der Waals surface area contributed by atoms with E-state index in [2.05, 4.69) is 30.7 Å². The van der Waals surface area contributed by atoms with Crippen LogP contribution in [0.5, 0.6) is 0 Å². The third-order valence-corrected chi connectivity index (χ3v) is 7.46. The second-order valence-corrected chi connectivity index (χ2v) is 10.0. The first kappa shape index (κ1) is 25.1. The highest BCUT2D eigenvalue weighted by Gasteiger charge is 2.66. The van der Waals surface area contributed by atoms with E-state index in [0.717, 1.165) is 25.6 Å². The van der Waals surface area contributed by atoms with E-state index in [1.54, 1.807) is 6.07 Å². The molecule has 4 N–H and O–H groups in total. The number of carbonyl (C=O) groups excluding carboxylic acids is 1. The summed E-state index contributed by atoms with van der Waals surface area (Å²) in [5.41, 5.74) is 5.52. The van der Waals surface area contributed by atoms with E-state index in [1.165, 1.54) is 18.5 Å². The molecular formula is C25H24F4N8O2. The molecule has 1 saturated heterocycles. The van der Waals surface area contributed by atoms with Crippen LogP contribution in [0.25, 0.3) is 22.2 Å². The smallest absolute Gasteiger partial charge is 0.383 e. The topological polar surface area (TPSA) is 127 Å². The van der Waals surface area contributed by atoms with Crippen LogP contribution in [0.1, 0.15) is 31.0 Å². The van der Waals surface area contributed by atoms with E-state index >= 15 is 4.39 Å². The number of aromatic nitrogens is 4. The van der Waals surface area contributed by atoms with Crippen molar-refractivity contribution < 1.29 is 26.9 Å². The molecule has 3 aromatic heterocycles. The van der Waals surface area contributed by atoms with Gasteiger partial charge < -0.3 is 25.0 Å². The number of likely N-dealkylation sites (tertiary alicyclic amines) is 1. The lowest BCUT2D eigenvalue weighted by atomic mass is 10.0. The second kappa shape index (κ2) is 8.93. The van der Waals surface area contributed by atoms with Gasteiger partial charge in [-0.2, -0.15) is 13.2 Å². The number of anilines is 3. The fraction of sp³-hybridized carbons (Fsp3) is 0.360. The molecule has 1 unspecified atom stereocenters. The number of nitrogen functional groups attached to an aromatic ring is 1. The molecule has 0 spiro atoms. The van der Waals surface area contributed by atoms with Gasteiger partial charge in [0.25, 0.3) is 0 Å². The van der Waals surface area contributed by atoms with Crippen LogP contribution in [0.3, 0.4) is 0 Å². The number of nitrogens with two attached hydrogens (primary N) is 1. The third-order valence-electron chi connectivity index (χ3n) is 7.46. The maximum atomic E-state index is 15.1. The lowest BCUT2D eigenvalue weighted by molar-refractivity contribution is -0.161. The number of amides is 2. The lowest BCUT2D eigenvalue weighted by Crippen LogP contribution is -2.28. The Morgan fingerprint density at radius 2 is 2.00 bits per heavy atom. The molecule has 14 heteroatoms. The van der Waals surface area contributed by atoms with E-state index in [-0.39, 0.29) is 42.0 Å². The highest BCUT2D eigenvalue weighted by atomic mass is 19.4. The normalized spacial score (nSPS) is 18.9. The SMILES string of the molecule is CN1CCC(n2cc(-c3ccc(NC(=O)Nc4cc(C5(C(F)(F)F)CC5)no4)c(F)c3)c3c(N)ncnc32)C1. The summed E-state index contributed by atoms with van der Waals surface area (Å²) in [5.74, 6) is -0.741. The van der Waals surface area contributed by atoms with Crippen LogP contribution in [-0.4, -0.2) is 56.9 Å². The third kappa shape index (κ3) is 4.33. The summed E-state index contributed by atoms with van der Waals surface area (Å²) in [6, 6.07) is 4.57. The Morgan fingerprint density at radius 3 is 2.67 bits per heavy atom. The van der Waals surface area contributed by atoms with Gasteiger partial charge in [-0.1, -0.05) is 11.2 Å². The van der Waals surface area contributed by atoms with Crippen molar-refractivity contribution in [1.29, 1.82) is 0 Å². The molecule has 0 bridgehead atoms. The van der Waals surface area contributed by atoms with Crippen molar-refractivity contribution >= 4 is 34.5 Å². The Labute approximate surface area is 219 Å². The summed E-state index contributed by atoms with van der Waals surface area (Å²) in [5, 5.41) is 8.67. The van der Waals surface area contributed by atoms with Gasteiger partial charge in [0.05, 0.1) is 11.1 Å². The van der Waals surface area contributed by atoms with Crippen molar-refractivity contribution in [2.24, 2.45) is 0 Å². The average Bonchev–Trinajstić information content (AvgIpc) is 3.18. The zero-order valence-corrected chi connectivity index (χ0v) is 20.7. The predicted octanol–water partition coefficient (Wildman–Crippen LogP) is 4.92. The minimum atomic E-state index is -4.47. The standard InChI is InChI=1S/C25H24F4N8O2/c1-36-7-4-14(10-36)37-11-15(20-21(30)31-12-32-22(20)37)13-2-3-17(16(26)8-13)33-23(38)34-19-9-18(35-39-19)24(5-6-24)25(27,28)29/h2-3,8-9,11-12,14H,4-7,10H2,1H3,(H2,30,31,32)(H2,33,34,38). The average molecular weight is 545 g/mol. The number of urea groups is 1. The Hall–Kier alpha value is -4.20. The number of benzene rings is 1. The second-order valence-electron chi connectivity index (χ2n) is 10.0. The Bertz CT molecular complexity index is 1580. The van der Waals surface area contributed by atoms with Gasteiger partial charge in [-0.15, -0.1) is 0 Å². The molecule has 2 amide bonds. The van der Waals surface area contributed by atoms with Crippen molar-refractivity contribution in [3.8, 4) is 11.1 Å². The molecule has 2 aliphatic rings. The van der Waals surface area contributed by atoms with E-state index in [9.17, 15) is 18.0 Å². The van der Waals surface area contributed by atoms with Crippen molar-refractivity contribution in [2.75, 3.05) is 36.5 Å². The molecule has 1 atom stereocenters. The van der Waals surface area contributed by atoms with Crippen molar-refractivity contribution in [3.05, 3.63) is 48.3 Å². The summed E-state index contributed by atoms with van der Waals surface area (Å²) in [4.78, 5) is 23.2. The summed E-state index contributed by atoms with van der Waals surface area (Å²) < 4.78 is 61.9. The molecule has 4 aromatic rings. The molecule has 204 valence electrons. The maximum Gasteiger partial charge on any atom is 0.400 e. The zero-order valence-electron chi connectivity index (χ0n) is 20.7. The van der Waals surface area contributed by atoms with Gasteiger partial charge in [-0.3, -0.25) is 5.32 Å². The van der Waals surface area contributed by atoms with Crippen molar-refractivity contribution in [1.82, 2.24) is 24.6 Å². The van der Waals surface area contributed by atoms with Crippen LogP contribution >= 0.6 is 0 Å². The number of nitrogens with zero attached hydrogens (tertiary/aromatic N) is 5. The van der Waals surface area contributed by atoms with Gasteiger partial charge in [0.2, 0.25) is 5.88 Å². The quantitative estimate of drug-likeness (QED) is 0.304. The van der Waals surface area contributed by atoms with E-state index in [1.807, 2.05) is 17.8 Å². The molecule has 1 aromatic carbocycles. The number of halogens is 4. The number of nitrogens with one attached hydrogen (secondary N) is 2. The lowest BCUT2D eigenvalue weighted by Gasteiger charge is -2.15. The molecule has 1 saturated carbocycles. The minimum Gasteiger partial charge on any atom is -0.383 e. The molecular weight excluding hydrogens is 520 g/mol. The first-order chi connectivity index (χ1) is 18.6. The number of rotatable bonds is 5. The van der Waals surface area contributed by atoms with E-state index in [0.29, 0.717) is 22.2 Å². The monoisotopic (exact) mass is 544 g/mol. The van der Waals surface area contributed by atoms with Crippen molar-refractivity contribution in [3.63, 3.8) is 0 Å². The van der Waals surface area contributed by atoms with Crippen LogP contribution in [0, 0.1) is 5.82 Å². The Morgan fingerprint density at radius 1 is 1.21 bits per heavy atom. The first-order valence-electron chi connectivity index (χ1n) is 12.3. The minimum absolute atomic E-state index is 0.0968. The van der Waals surface area contributed by atoms with Gasteiger partial charge in [0.15, 0.2) is 0 Å².